The van der Waals surface area contributed by atoms with Crippen LogP contribution in [0.3, 0.4) is 0 Å². The minimum atomic E-state index is -0.222. The zero-order valence-corrected chi connectivity index (χ0v) is 24.0. The Morgan fingerprint density at radius 3 is 1.71 bits per heavy atom. The second-order valence-electron chi connectivity index (χ2n) is 8.20. The molecule has 4 aromatic rings. The first-order valence-corrected chi connectivity index (χ1v) is 15.2. The van der Waals surface area contributed by atoms with Gasteiger partial charge in [-0.3, -0.25) is 14.5 Å². The van der Waals surface area contributed by atoms with Crippen molar-refractivity contribution in [1.82, 2.24) is 13.6 Å². The van der Waals surface area contributed by atoms with Gasteiger partial charge in [0.1, 0.15) is 11.0 Å². The summed E-state index contributed by atoms with van der Waals surface area (Å²) in [6.45, 7) is 2.63. The normalized spacial score (nSPS) is 13.4. The van der Waals surface area contributed by atoms with Crippen LogP contribution in [-0.2, 0) is 0 Å². The molecular formula is C24H21Br2N3O2S3. The number of benzene rings is 1. The van der Waals surface area contributed by atoms with E-state index in [0.29, 0.717) is 28.7 Å². The molecule has 0 radical (unpaired) electrons. The van der Waals surface area contributed by atoms with Crippen molar-refractivity contribution >= 4 is 89.1 Å². The van der Waals surface area contributed by atoms with E-state index in [-0.39, 0.29) is 11.8 Å². The number of hydrogen-bond donors (Lipinski definition) is 0. The summed E-state index contributed by atoms with van der Waals surface area (Å²) in [4.78, 5) is 30.8. The molecule has 4 heterocycles. The Kier molecular flexibility index (Phi) is 7.32. The van der Waals surface area contributed by atoms with E-state index in [4.69, 9.17) is 0 Å². The van der Waals surface area contributed by atoms with Gasteiger partial charge in [0.15, 0.2) is 0 Å². The lowest BCUT2D eigenvalue weighted by molar-refractivity contribution is 0.0652. The predicted octanol–water partition coefficient (Wildman–Crippen LogP) is 8.63. The maximum absolute atomic E-state index is 13.8. The lowest BCUT2D eigenvalue weighted by atomic mass is 9.93. The largest absolute Gasteiger partial charge is 0.274 e. The van der Waals surface area contributed by atoms with Crippen molar-refractivity contribution in [3.05, 3.63) is 43.0 Å². The van der Waals surface area contributed by atoms with Crippen molar-refractivity contribution in [2.24, 2.45) is 0 Å². The van der Waals surface area contributed by atoms with E-state index in [1.807, 2.05) is 24.3 Å². The van der Waals surface area contributed by atoms with Gasteiger partial charge in [-0.05, 0) is 62.5 Å². The van der Waals surface area contributed by atoms with Crippen molar-refractivity contribution < 1.29 is 9.59 Å². The SMILES string of the molecule is CCCCCCCCN1C(=O)c2c(c(-c3ccc(Br)s3)c3nsnc3c2-c2ccc(Br)s2)C1=O. The van der Waals surface area contributed by atoms with E-state index < -0.39 is 0 Å². The number of aromatic nitrogens is 2. The highest BCUT2D eigenvalue weighted by Crippen LogP contribution is 2.48. The van der Waals surface area contributed by atoms with Gasteiger partial charge < -0.3 is 0 Å². The number of imide groups is 1. The third-order valence-electron chi connectivity index (χ3n) is 6.00. The molecule has 0 unspecified atom stereocenters. The summed E-state index contributed by atoms with van der Waals surface area (Å²) in [6.07, 6.45) is 6.58. The summed E-state index contributed by atoms with van der Waals surface area (Å²) < 4.78 is 11.1. The van der Waals surface area contributed by atoms with Crippen LogP contribution in [0, 0.1) is 0 Å². The van der Waals surface area contributed by atoms with Gasteiger partial charge in [0.05, 0.1) is 30.4 Å². The fourth-order valence-corrected chi connectivity index (χ4v) is 7.86. The number of unbranched alkanes of at least 4 members (excludes halogenated alkanes) is 5. The number of nitrogens with zero attached hydrogens (tertiary/aromatic N) is 3. The summed E-state index contributed by atoms with van der Waals surface area (Å²) in [5, 5.41) is 0. The quantitative estimate of drug-likeness (QED) is 0.136. The molecular weight excluding hydrogens is 618 g/mol. The van der Waals surface area contributed by atoms with Crippen LogP contribution in [0.2, 0.25) is 0 Å². The van der Waals surface area contributed by atoms with Gasteiger partial charge in [-0.25, -0.2) is 0 Å². The van der Waals surface area contributed by atoms with Gasteiger partial charge in [0, 0.05) is 27.4 Å². The number of hydrogen-bond acceptors (Lipinski definition) is 7. The van der Waals surface area contributed by atoms with Crippen LogP contribution in [0.4, 0.5) is 0 Å². The second-order valence-corrected chi connectivity index (χ2v) is 13.7. The number of fused-ring (bicyclic) bond motifs is 2. The third kappa shape index (κ3) is 4.32. The number of rotatable bonds is 9. The lowest BCUT2D eigenvalue weighted by Gasteiger charge is -2.13. The number of carbonyl (C=O) groups excluding carboxylic acids is 2. The molecule has 0 atom stereocenters. The highest BCUT2D eigenvalue weighted by molar-refractivity contribution is 9.11. The predicted molar refractivity (Wildman–Crippen MR) is 148 cm³/mol. The first kappa shape index (κ1) is 24.2. The first-order valence-electron chi connectivity index (χ1n) is 11.2. The molecule has 0 fully saturated rings. The first-order chi connectivity index (χ1) is 16.5. The summed E-state index contributed by atoms with van der Waals surface area (Å²) in [5.74, 6) is -0.445. The summed E-state index contributed by atoms with van der Waals surface area (Å²) in [5.41, 5.74) is 3.73. The van der Waals surface area contributed by atoms with Gasteiger partial charge in [-0.2, -0.15) is 8.75 Å². The topological polar surface area (TPSA) is 63.2 Å². The zero-order chi connectivity index (χ0) is 23.8. The molecule has 0 saturated heterocycles. The Hall–Kier alpha value is -1.46. The summed E-state index contributed by atoms with van der Waals surface area (Å²) >= 11 is 11.2. The average molecular weight is 639 g/mol. The molecule has 2 amide bonds. The van der Waals surface area contributed by atoms with Crippen LogP contribution < -0.4 is 0 Å². The highest BCUT2D eigenvalue weighted by Gasteiger charge is 2.42. The molecule has 10 heteroatoms. The smallest absolute Gasteiger partial charge is 0.262 e. The molecule has 0 bridgehead atoms. The minimum Gasteiger partial charge on any atom is -0.274 e. The Morgan fingerprint density at radius 1 is 0.735 bits per heavy atom. The molecule has 3 aromatic heterocycles. The molecule has 5 nitrogen and oxygen atoms in total. The molecule has 0 aliphatic carbocycles. The van der Waals surface area contributed by atoms with Crippen LogP contribution in [0.25, 0.3) is 31.9 Å². The third-order valence-corrected chi connectivity index (χ3v) is 9.82. The molecule has 34 heavy (non-hydrogen) atoms. The fourth-order valence-electron chi connectivity index (χ4n) is 4.42. The van der Waals surface area contributed by atoms with Crippen LogP contribution in [0.1, 0.15) is 66.2 Å². The summed E-state index contributed by atoms with van der Waals surface area (Å²) in [6, 6.07) is 7.85. The fraction of sp³-hybridized carbons (Fsp3) is 0.333. The highest BCUT2D eigenvalue weighted by atomic mass is 79.9. The van der Waals surface area contributed by atoms with E-state index in [2.05, 4.69) is 47.5 Å². The van der Waals surface area contributed by atoms with Crippen LogP contribution in [0.5, 0.6) is 0 Å². The molecule has 1 aliphatic heterocycles. The van der Waals surface area contributed by atoms with Gasteiger partial charge in [-0.15, -0.1) is 22.7 Å². The van der Waals surface area contributed by atoms with Crippen LogP contribution in [-0.4, -0.2) is 32.0 Å². The van der Waals surface area contributed by atoms with Crippen LogP contribution in [0.15, 0.2) is 31.8 Å². The monoisotopic (exact) mass is 637 g/mol. The van der Waals surface area contributed by atoms with E-state index in [1.54, 1.807) is 0 Å². The minimum absolute atomic E-state index is 0.222. The average Bonchev–Trinajstić information content (AvgIpc) is 3.60. The molecule has 1 aliphatic rings. The molecule has 0 N–H and O–H groups in total. The number of amides is 2. The van der Waals surface area contributed by atoms with Crippen molar-refractivity contribution in [3.8, 4) is 20.9 Å². The Bertz CT molecular complexity index is 1300. The van der Waals surface area contributed by atoms with Crippen molar-refractivity contribution in [2.45, 2.75) is 45.4 Å². The Morgan fingerprint density at radius 2 is 1.24 bits per heavy atom. The van der Waals surface area contributed by atoms with Gasteiger partial charge in [-0.1, -0.05) is 39.0 Å². The molecule has 5 rings (SSSR count). The van der Waals surface area contributed by atoms with E-state index in [0.717, 1.165) is 59.4 Å². The maximum atomic E-state index is 13.8. The standard InChI is InChI=1S/C24H21Br2N3O2S3/c1-2-3-4-5-6-7-12-29-23(30)19-17(13-8-10-15(25)32-13)21-22(28-34-27-21)18(20(19)24(29)31)14-9-11-16(26)33-14/h8-11H,2-7,12H2,1H3. The molecule has 176 valence electrons. The lowest BCUT2D eigenvalue weighted by Crippen LogP contribution is -2.30. The second kappa shape index (κ2) is 10.3. The van der Waals surface area contributed by atoms with Gasteiger partial charge in [0.2, 0.25) is 0 Å². The number of halogens is 2. The van der Waals surface area contributed by atoms with Crippen LogP contribution >= 0.6 is 66.3 Å². The van der Waals surface area contributed by atoms with Gasteiger partial charge >= 0.3 is 0 Å². The van der Waals surface area contributed by atoms with E-state index in [9.17, 15) is 9.59 Å². The zero-order valence-electron chi connectivity index (χ0n) is 18.4. The Labute approximate surface area is 226 Å². The number of carbonyl (C=O) groups is 2. The van der Waals surface area contributed by atoms with Crippen molar-refractivity contribution in [1.29, 1.82) is 0 Å². The molecule has 0 spiro atoms. The maximum Gasteiger partial charge on any atom is 0.262 e. The summed E-state index contributed by atoms with van der Waals surface area (Å²) in [7, 11) is 0. The van der Waals surface area contributed by atoms with Gasteiger partial charge in [0.25, 0.3) is 11.8 Å². The van der Waals surface area contributed by atoms with Crippen molar-refractivity contribution in [3.63, 3.8) is 0 Å². The number of thiophene rings is 2. The molecule has 0 saturated carbocycles. The van der Waals surface area contributed by atoms with Crippen molar-refractivity contribution in [2.75, 3.05) is 6.54 Å². The molecule has 1 aromatic carbocycles. The van der Waals surface area contributed by atoms with E-state index in [1.165, 1.54) is 46.8 Å². The Balaban J connectivity index is 1.63. The van der Waals surface area contributed by atoms with E-state index >= 15 is 0 Å².